The summed E-state index contributed by atoms with van der Waals surface area (Å²) in [4.78, 5) is 40.5. The second kappa shape index (κ2) is 8.83. The summed E-state index contributed by atoms with van der Waals surface area (Å²) in [5.74, 6) is -1.26. The molecule has 2 heterocycles. The van der Waals surface area contributed by atoms with Crippen LogP contribution in [0.4, 0.5) is 5.69 Å². The fourth-order valence-electron chi connectivity index (χ4n) is 5.24. The minimum atomic E-state index is -1.05. The van der Waals surface area contributed by atoms with Gasteiger partial charge in [-0.2, -0.15) is 0 Å². The molecule has 1 aromatic heterocycles. The molecule has 7 heteroatoms. The number of amides is 2. The van der Waals surface area contributed by atoms with Gasteiger partial charge in [-0.05, 0) is 37.3 Å². The van der Waals surface area contributed by atoms with Crippen LogP contribution in [0.5, 0.6) is 0 Å². The van der Waals surface area contributed by atoms with Crippen LogP contribution < -0.4 is 10.2 Å². The molecule has 2 aliphatic rings. The maximum absolute atomic E-state index is 13.3. The lowest BCUT2D eigenvalue weighted by molar-refractivity contribution is -0.127. The molecule has 31 heavy (non-hydrogen) atoms. The number of carbonyl (C=O) groups excluding carboxylic acids is 2. The van der Waals surface area contributed by atoms with Gasteiger partial charge in [0.15, 0.2) is 0 Å². The summed E-state index contributed by atoms with van der Waals surface area (Å²) >= 11 is 1.18. The molecule has 0 bridgehead atoms. The highest BCUT2D eigenvalue weighted by Crippen LogP contribution is 2.47. The van der Waals surface area contributed by atoms with Gasteiger partial charge in [0.1, 0.15) is 10.5 Å². The summed E-state index contributed by atoms with van der Waals surface area (Å²) in [6.07, 6.45) is 6.77. The lowest BCUT2D eigenvalue weighted by atomic mass is 9.74. The quantitative estimate of drug-likeness (QED) is 0.682. The molecule has 164 valence electrons. The Morgan fingerprint density at radius 2 is 1.84 bits per heavy atom. The van der Waals surface area contributed by atoms with Crippen LogP contribution in [0.2, 0.25) is 0 Å². The van der Waals surface area contributed by atoms with E-state index in [4.69, 9.17) is 0 Å². The molecule has 1 aromatic carbocycles. The number of nitrogens with zero attached hydrogens (tertiary/aromatic N) is 1. The third kappa shape index (κ3) is 4.11. The Balaban J connectivity index is 1.87. The van der Waals surface area contributed by atoms with Crippen molar-refractivity contribution in [2.24, 2.45) is 5.92 Å². The molecule has 6 nitrogen and oxygen atoms in total. The highest BCUT2D eigenvalue weighted by atomic mass is 32.1. The van der Waals surface area contributed by atoms with Gasteiger partial charge in [0, 0.05) is 24.1 Å². The minimum Gasteiger partial charge on any atom is -0.477 e. The van der Waals surface area contributed by atoms with Crippen molar-refractivity contribution in [3.63, 3.8) is 0 Å². The van der Waals surface area contributed by atoms with Crippen LogP contribution in [-0.2, 0) is 9.59 Å². The molecule has 2 aromatic rings. The van der Waals surface area contributed by atoms with Crippen molar-refractivity contribution >= 4 is 34.8 Å². The van der Waals surface area contributed by atoms with E-state index in [1.807, 2.05) is 36.4 Å². The normalized spacial score (nSPS) is 22.4. The standard InChI is InChI=1S/C24H28N2O4S/c1-16(27)25-24(18-11-6-3-7-12-18)14-8-13-21(28)26(24)19-15-20(31-22(19)23(29)30)17-9-4-2-5-10-17/h2,4-5,9-10,15,18H,3,6-8,11-14H2,1H3,(H,25,27)(H,29,30). The maximum atomic E-state index is 13.3. The molecule has 4 rings (SSSR count). The Kier molecular flexibility index (Phi) is 6.14. The number of carbonyl (C=O) groups is 3. The number of hydrogen-bond donors (Lipinski definition) is 2. The predicted molar refractivity (Wildman–Crippen MR) is 121 cm³/mol. The largest absolute Gasteiger partial charge is 0.477 e. The van der Waals surface area contributed by atoms with Crippen molar-refractivity contribution in [1.82, 2.24) is 5.32 Å². The van der Waals surface area contributed by atoms with Crippen molar-refractivity contribution in [3.8, 4) is 10.4 Å². The Morgan fingerprint density at radius 3 is 2.48 bits per heavy atom. The van der Waals surface area contributed by atoms with E-state index in [0.717, 1.165) is 42.5 Å². The number of carboxylic acid groups (broad SMARTS) is 1. The van der Waals surface area contributed by atoms with Crippen LogP contribution in [-0.4, -0.2) is 28.6 Å². The number of anilines is 1. The second-order valence-corrected chi connectivity index (χ2v) is 9.57. The zero-order chi connectivity index (χ0) is 22.0. The Hall–Kier alpha value is -2.67. The summed E-state index contributed by atoms with van der Waals surface area (Å²) in [5, 5.41) is 13.1. The SMILES string of the molecule is CC(=O)NC1(C2CCCCC2)CCCC(=O)N1c1cc(-c2ccccc2)sc1C(=O)O. The van der Waals surface area contributed by atoms with Crippen LogP contribution in [0, 0.1) is 5.92 Å². The van der Waals surface area contributed by atoms with E-state index in [2.05, 4.69) is 5.32 Å². The van der Waals surface area contributed by atoms with Crippen molar-refractivity contribution in [2.45, 2.75) is 64.0 Å². The van der Waals surface area contributed by atoms with Gasteiger partial charge in [0.2, 0.25) is 11.8 Å². The minimum absolute atomic E-state index is 0.108. The van der Waals surface area contributed by atoms with E-state index >= 15 is 0 Å². The monoisotopic (exact) mass is 440 g/mol. The van der Waals surface area contributed by atoms with Gasteiger partial charge in [0.05, 0.1) is 5.69 Å². The van der Waals surface area contributed by atoms with Gasteiger partial charge in [-0.1, -0.05) is 49.6 Å². The Bertz CT molecular complexity index is 981. The first-order chi connectivity index (χ1) is 14.9. The third-order valence-electron chi connectivity index (χ3n) is 6.48. The smallest absolute Gasteiger partial charge is 0.348 e. The number of benzene rings is 1. The maximum Gasteiger partial charge on any atom is 0.348 e. The number of aromatic carboxylic acids is 1. The summed E-state index contributed by atoms with van der Waals surface area (Å²) in [6.45, 7) is 1.48. The number of carboxylic acids is 1. The van der Waals surface area contributed by atoms with Crippen LogP contribution in [0.3, 0.4) is 0 Å². The van der Waals surface area contributed by atoms with E-state index in [1.165, 1.54) is 18.3 Å². The highest BCUT2D eigenvalue weighted by molar-refractivity contribution is 7.18. The molecule has 0 spiro atoms. The predicted octanol–water partition coefficient (Wildman–Crippen LogP) is 5.04. The third-order valence-corrected chi connectivity index (χ3v) is 7.64. The Morgan fingerprint density at radius 1 is 1.13 bits per heavy atom. The second-order valence-electron chi connectivity index (χ2n) is 8.52. The van der Waals surface area contributed by atoms with Gasteiger partial charge >= 0.3 is 5.97 Å². The van der Waals surface area contributed by atoms with Crippen LogP contribution in [0.1, 0.15) is 68.0 Å². The van der Waals surface area contributed by atoms with E-state index in [-0.39, 0.29) is 22.6 Å². The van der Waals surface area contributed by atoms with Crippen LogP contribution >= 0.6 is 11.3 Å². The average molecular weight is 441 g/mol. The average Bonchev–Trinajstić information content (AvgIpc) is 3.20. The first-order valence-electron chi connectivity index (χ1n) is 11.0. The van der Waals surface area contributed by atoms with Gasteiger partial charge in [-0.3, -0.25) is 14.5 Å². The number of hydrogen-bond acceptors (Lipinski definition) is 4. The number of rotatable bonds is 5. The number of piperidine rings is 1. The molecule has 2 N–H and O–H groups in total. The van der Waals surface area contributed by atoms with Crippen molar-refractivity contribution < 1.29 is 19.5 Å². The molecule has 1 aliphatic heterocycles. The number of thiophene rings is 1. The van der Waals surface area contributed by atoms with E-state index < -0.39 is 11.6 Å². The summed E-state index contributed by atoms with van der Waals surface area (Å²) in [6, 6.07) is 11.4. The molecular weight excluding hydrogens is 412 g/mol. The molecule has 1 saturated heterocycles. The van der Waals surface area contributed by atoms with Gasteiger partial charge in [0.25, 0.3) is 0 Å². The summed E-state index contributed by atoms with van der Waals surface area (Å²) < 4.78 is 0. The first-order valence-corrected chi connectivity index (χ1v) is 11.8. The molecular formula is C24H28N2O4S. The fourth-order valence-corrected chi connectivity index (χ4v) is 6.23. The van der Waals surface area contributed by atoms with Crippen LogP contribution in [0.15, 0.2) is 36.4 Å². The first kappa shape index (κ1) is 21.6. The lowest BCUT2D eigenvalue weighted by Gasteiger charge is -2.52. The molecule has 0 radical (unpaired) electrons. The lowest BCUT2D eigenvalue weighted by Crippen LogP contribution is -2.68. The summed E-state index contributed by atoms with van der Waals surface area (Å²) in [5.41, 5.74) is 0.440. The molecule has 1 atom stereocenters. The van der Waals surface area contributed by atoms with Crippen molar-refractivity contribution in [2.75, 3.05) is 4.90 Å². The number of nitrogens with one attached hydrogen (secondary N) is 1. The molecule has 2 fully saturated rings. The molecule has 1 saturated carbocycles. The topological polar surface area (TPSA) is 86.7 Å². The molecule has 1 unspecified atom stereocenters. The van der Waals surface area contributed by atoms with Gasteiger partial charge in [-0.15, -0.1) is 11.3 Å². The highest BCUT2D eigenvalue weighted by Gasteiger charge is 2.50. The fraction of sp³-hybridized carbons (Fsp3) is 0.458. The summed E-state index contributed by atoms with van der Waals surface area (Å²) in [7, 11) is 0. The molecule has 2 amide bonds. The van der Waals surface area contributed by atoms with Gasteiger partial charge < -0.3 is 10.4 Å². The van der Waals surface area contributed by atoms with E-state index in [0.29, 0.717) is 24.9 Å². The van der Waals surface area contributed by atoms with Crippen molar-refractivity contribution in [3.05, 3.63) is 41.3 Å². The Labute approximate surface area is 186 Å². The zero-order valence-electron chi connectivity index (χ0n) is 17.7. The van der Waals surface area contributed by atoms with E-state index in [1.54, 1.807) is 4.90 Å². The van der Waals surface area contributed by atoms with Crippen molar-refractivity contribution in [1.29, 1.82) is 0 Å². The van der Waals surface area contributed by atoms with Crippen LogP contribution in [0.25, 0.3) is 10.4 Å². The van der Waals surface area contributed by atoms with E-state index in [9.17, 15) is 19.5 Å². The molecule has 1 aliphatic carbocycles. The zero-order valence-corrected chi connectivity index (χ0v) is 18.5. The van der Waals surface area contributed by atoms with Gasteiger partial charge in [-0.25, -0.2) is 4.79 Å².